The summed E-state index contributed by atoms with van der Waals surface area (Å²) in [6, 6.07) is 13.1. The van der Waals surface area contributed by atoms with Gasteiger partial charge in [-0.2, -0.15) is 0 Å². The molecule has 0 bridgehead atoms. The van der Waals surface area contributed by atoms with E-state index in [0.717, 1.165) is 0 Å². The maximum atomic E-state index is 14.0. The number of benzene rings is 2. The Morgan fingerprint density at radius 1 is 1.09 bits per heavy atom. The number of halogens is 5. The molecule has 2 aromatic carbocycles. The van der Waals surface area contributed by atoms with Crippen molar-refractivity contribution >= 4 is 58.0 Å². The Labute approximate surface area is 152 Å². The number of para-hydroxylation sites is 1. The molecule has 1 amide bonds. The quantitative estimate of drug-likeness (QED) is 0.590. The van der Waals surface area contributed by atoms with E-state index in [9.17, 15) is 9.18 Å². The molecule has 122 valence electrons. The lowest BCUT2D eigenvalue weighted by Crippen LogP contribution is -2.47. The minimum atomic E-state index is -2.15. The van der Waals surface area contributed by atoms with Gasteiger partial charge in [0, 0.05) is 10.6 Å². The Morgan fingerprint density at radius 2 is 1.74 bits per heavy atom. The van der Waals surface area contributed by atoms with Crippen molar-refractivity contribution in [3.8, 4) is 0 Å². The largest absolute Gasteiger partial charge is 0.290 e. The van der Waals surface area contributed by atoms with Gasteiger partial charge in [-0.3, -0.25) is 15.2 Å². The van der Waals surface area contributed by atoms with Crippen LogP contribution in [0.1, 0.15) is 5.56 Å². The van der Waals surface area contributed by atoms with Crippen LogP contribution in [-0.4, -0.2) is 9.70 Å². The SMILES string of the molecule is O=C(NN(Cc1c(F)cccc1Cl)c1ccccc1)C(Cl)(Cl)Cl. The molecule has 0 saturated carbocycles. The van der Waals surface area contributed by atoms with Crippen molar-refractivity contribution in [1.29, 1.82) is 0 Å². The van der Waals surface area contributed by atoms with Gasteiger partial charge in [0.1, 0.15) is 5.82 Å². The number of hydrogen-bond donors (Lipinski definition) is 1. The van der Waals surface area contributed by atoms with Crippen LogP contribution in [0.15, 0.2) is 48.5 Å². The molecule has 0 radical (unpaired) electrons. The van der Waals surface area contributed by atoms with Crippen molar-refractivity contribution < 1.29 is 9.18 Å². The van der Waals surface area contributed by atoms with Crippen molar-refractivity contribution in [3.63, 3.8) is 0 Å². The summed E-state index contributed by atoms with van der Waals surface area (Å²) in [4.78, 5) is 11.9. The first-order chi connectivity index (χ1) is 10.8. The second-order valence-corrected chi connectivity index (χ2v) is 7.25. The third-order valence-electron chi connectivity index (χ3n) is 2.94. The topological polar surface area (TPSA) is 32.3 Å². The highest BCUT2D eigenvalue weighted by atomic mass is 35.6. The van der Waals surface area contributed by atoms with Gasteiger partial charge in [0.2, 0.25) is 0 Å². The summed E-state index contributed by atoms with van der Waals surface area (Å²) >= 11 is 22.7. The Kier molecular flexibility index (Phi) is 5.98. The summed E-state index contributed by atoms with van der Waals surface area (Å²) in [5, 5.41) is 1.59. The number of carbonyl (C=O) groups is 1. The molecule has 0 heterocycles. The molecule has 2 rings (SSSR count). The number of anilines is 1. The zero-order valence-electron chi connectivity index (χ0n) is 11.6. The molecule has 0 aliphatic rings. The third-order valence-corrected chi connectivity index (χ3v) is 3.81. The predicted octanol–water partition coefficient (Wildman–Crippen LogP) is 4.89. The minimum Gasteiger partial charge on any atom is -0.281 e. The molecule has 0 aromatic heterocycles. The number of rotatable bonds is 4. The lowest BCUT2D eigenvalue weighted by molar-refractivity contribution is -0.120. The van der Waals surface area contributed by atoms with Crippen LogP contribution < -0.4 is 10.4 Å². The normalized spacial score (nSPS) is 11.2. The van der Waals surface area contributed by atoms with E-state index in [1.807, 2.05) is 0 Å². The Hall–Kier alpha value is -1.20. The zero-order valence-corrected chi connectivity index (χ0v) is 14.6. The van der Waals surface area contributed by atoms with Crippen LogP contribution in [0, 0.1) is 5.82 Å². The van der Waals surface area contributed by atoms with E-state index < -0.39 is 15.5 Å². The van der Waals surface area contributed by atoms with Crippen LogP contribution >= 0.6 is 46.4 Å². The maximum Gasteiger partial charge on any atom is 0.290 e. The standard InChI is InChI=1S/C15H11Cl4FN2O/c16-12-7-4-8-13(20)11(12)9-22(10-5-2-1-3-6-10)21-14(23)15(17,18)19/h1-8H,9H2,(H,21,23). The van der Waals surface area contributed by atoms with Crippen molar-refractivity contribution in [3.05, 3.63) is 64.9 Å². The summed E-state index contributed by atoms with van der Waals surface area (Å²) in [5.74, 6) is -1.36. The van der Waals surface area contributed by atoms with E-state index in [-0.39, 0.29) is 17.1 Å². The number of alkyl halides is 3. The molecule has 0 unspecified atom stereocenters. The molecule has 23 heavy (non-hydrogen) atoms. The monoisotopic (exact) mass is 394 g/mol. The third kappa shape index (κ3) is 4.88. The Bertz CT molecular complexity index is 671. The molecule has 0 fully saturated rings. The molecular formula is C15H11Cl4FN2O. The molecule has 3 nitrogen and oxygen atoms in total. The number of nitrogens with zero attached hydrogens (tertiary/aromatic N) is 1. The lowest BCUT2D eigenvalue weighted by Gasteiger charge is -2.27. The van der Waals surface area contributed by atoms with Crippen molar-refractivity contribution in [2.24, 2.45) is 0 Å². The zero-order chi connectivity index (χ0) is 17.0. The van der Waals surface area contributed by atoms with Crippen molar-refractivity contribution in [2.75, 3.05) is 5.01 Å². The predicted molar refractivity (Wildman–Crippen MR) is 92.5 cm³/mol. The van der Waals surface area contributed by atoms with Gasteiger partial charge in [0.15, 0.2) is 0 Å². The average molecular weight is 396 g/mol. The Balaban J connectivity index is 2.33. The molecule has 0 aliphatic heterocycles. The van der Waals surface area contributed by atoms with Gasteiger partial charge >= 0.3 is 0 Å². The van der Waals surface area contributed by atoms with Crippen LogP contribution in [0.3, 0.4) is 0 Å². The second kappa shape index (κ2) is 7.58. The first-order valence-electron chi connectivity index (χ1n) is 6.42. The summed E-state index contributed by atoms with van der Waals surface area (Å²) < 4.78 is 11.8. The van der Waals surface area contributed by atoms with Crippen LogP contribution in [0.4, 0.5) is 10.1 Å². The van der Waals surface area contributed by atoms with Crippen LogP contribution in [0.2, 0.25) is 5.02 Å². The Morgan fingerprint density at radius 3 is 2.30 bits per heavy atom. The highest BCUT2D eigenvalue weighted by Crippen LogP contribution is 2.28. The number of amides is 1. The van der Waals surface area contributed by atoms with E-state index in [0.29, 0.717) is 5.69 Å². The molecule has 0 spiro atoms. The number of carbonyl (C=O) groups excluding carboxylic acids is 1. The fraction of sp³-hybridized carbons (Fsp3) is 0.133. The van der Waals surface area contributed by atoms with E-state index in [1.165, 1.54) is 17.1 Å². The molecule has 1 N–H and O–H groups in total. The van der Waals surface area contributed by atoms with E-state index in [2.05, 4.69) is 5.43 Å². The molecular weight excluding hydrogens is 385 g/mol. The summed E-state index contributed by atoms with van der Waals surface area (Å²) in [6.45, 7) is -0.0397. The number of nitrogens with one attached hydrogen (secondary N) is 1. The van der Waals surface area contributed by atoms with Crippen LogP contribution in [0.5, 0.6) is 0 Å². The van der Waals surface area contributed by atoms with Gasteiger partial charge in [0.25, 0.3) is 9.70 Å². The van der Waals surface area contributed by atoms with Gasteiger partial charge in [-0.1, -0.05) is 70.7 Å². The number of hydrazine groups is 1. The highest BCUT2D eigenvalue weighted by Gasteiger charge is 2.32. The molecule has 0 atom stereocenters. The smallest absolute Gasteiger partial charge is 0.281 e. The van der Waals surface area contributed by atoms with Gasteiger partial charge in [-0.25, -0.2) is 4.39 Å². The van der Waals surface area contributed by atoms with Crippen molar-refractivity contribution in [2.45, 2.75) is 10.3 Å². The van der Waals surface area contributed by atoms with E-state index >= 15 is 0 Å². The first kappa shape index (κ1) is 18.1. The van der Waals surface area contributed by atoms with Gasteiger partial charge in [-0.15, -0.1) is 0 Å². The fourth-order valence-electron chi connectivity index (χ4n) is 1.83. The second-order valence-electron chi connectivity index (χ2n) is 4.56. The van der Waals surface area contributed by atoms with Crippen molar-refractivity contribution in [1.82, 2.24) is 5.43 Å². The highest BCUT2D eigenvalue weighted by molar-refractivity contribution is 6.76. The summed E-state index contributed by atoms with van der Waals surface area (Å²) in [7, 11) is 0. The van der Waals surface area contributed by atoms with Crippen LogP contribution in [0.25, 0.3) is 0 Å². The minimum absolute atomic E-state index is 0.0397. The first-order valence-corrected chi connectivity index (χ1v) is 7.93. The van der Waals surface area contributed by atoms with Gasteiger partial charge < -0.3 is 0 Å². The van der Waals surface area contributed by atoms with Gasteiger partial charge in [-0.05, 0) is 24.3 Å². The summed E-state index contributed by atoms with van der Waals surface area (Å²) in [5.41, 5.74) is 3.24. The number of hydrogen-bond acceptors (Lipinski definition) is 2. The summed E-state index contributed by atoms with van der Waals surface area (Å²) in [6.07, 6.45) is 0. The van der Waals surface area contributed by atoms with E-state index in [1.54, 1.807) is 36.4 Å². The van der Waals surface area contributed by atoms with Crippen LogP contribution in [-0.2, 0) is 11.3 Å². The van der Waals surface area contributed by atoms with E-state index in [4.69, 9.17) is 46.4 Å². The average Bonchev–Trinajstić information content (AvgIpc) is 2.49. The molecule has 0 saturated heterocycles. The lowest BCUT2D eigenvalue weighted by atomic mass is 10.2. The maximum absolute atomic E-state index is 14.0. The molecule has 8 heteroatoms. The fourth-order valence-corrected chi connectivity index (χ4v) is 2.18. The molecule has 2 aromatic rings. The van der Waals surface area contributed by atoms with Gasteiger partial charge in [0.05, 0.1) is 12.2 Å². The molecule has 0 aliphatic carbocycles.